The van der Waals surface area contributed by atoms with Gasteiger partial charge in [0, 0.05) is 6.08 Å². The van der Waals surface area contributed by atoms with Gasteiger partial charge in [-0.05, 0) is 36.0 Å². The minimum atomic E-state index is -0.537. The van der Waals surface area contributed by atoms with Crippen molar-refractivity contribution in [2.45, 2.75) is 10.2 Å². The van der Waals surface area contributed by atoms with Crippen molar-refractivity contribution in [3.8, 4) is 0 Å². The van der Waals surface area contributed by atoms with Crippen LogP contribution in [0.25, 0.3) is 17.1 Å². The minimum Gasteiger partial charge on any atom is -0.450 e. The molecule has 0 radical (unpaired) electrons. The van der Waals surface area contributed by atoms with Crippen molar-refractivity contribution in [3.05, 3.63) is 47.9 Å². The Bertz CT molecular complexity index is 923. The fraction of sp³-hybridized carbons (Fsp3) is 0. The van der Waals surface area contributed by atoms with Crippen LogP contribution in [0.1, 0.15) is 5.76 Å². The lowest BCUT2D eigenvalue weighted by molar-refractivity contribution is -0.115. The number of fused-ring (bicyclic) bond motifs is 1. The van der Waals surface area contributed by atoms with Gasteiger partial charge in [0.1, 0.15) is 11.5 Å². The maximum atomic E-state index is 11.5. The van der Waals surface area contributed by atoms with Crippen LogP contribution in [0, 0.1) is 0 Å². The first-order valence-electron chi connectivity index (χ1n) is 6.74. The van der Waals surface area contributed by atoms with Crippen molar-refractivity contribution in [3.63, 3.8) is 0 Å². The zero-order valence-corrected chi connectivity index (χ0v) is 12.4. The van der Waals surface area contributed by atoms with Gasteiger partial charge in [-0.2, -0.15) is 0 Å². The lowest BCUT2D eigenvalue weighted by Crippen LogP contribution is -2.22. The van der Waals surface area contributed by atoms with Gasteiger partial charge in [0.05, 0.1) is 11.0 Å². The number of para-hydroxylation sites is 2. The van der Waals surface area contributed by atoms with Crippen molar-refractivity contribution in [2.24, 2.45) is 0 Å². The number of nitrogens with one attached hydrogen (secondary N) is 3. The Hall–Kier alpha value is -3.00. The number of hydrogen-bond acceptors (Lipinski definition) is 5. The average molecular weight is 326 g/mol. The zero-order valence-electron chi connectivity index (χ0n) is 11.6. The third kappa shape index (κ3) is 2.71. The van der Waals surface area contributed by atoms with E-state index in [1.54, 1.807) is 12.1 Å². The number of aromatic amines is 1. The predicted octanol–water partition coefficient (Wildman–Crippen LogP) is 2.49. The van der Waals surface area contributed by atoms with Crippen molar-refractivity contribution in [1.29, 1.82) is 0 Å². The second kappa shape index (κ2) is 5.33. The van der Waals surface area contributed by atoms with E-state index in [-0.39, 0.29) is 5.70 Å². The summed E-state index contributed by atoms with van der Waals surface area (Å²) < 4.78 is 5.62. The summed E-state index contributed by atoms with van der Waals surface area (Å²) in [4.78, 5) is 30.2. The number of amides is 3. The molecular weight excluding hydrogens is 316 g/mol. The molecule has 3 heterocycles. The predicted molar refractivity (Wildman–Crippen MR) is 83.6 cm³/mol. The number of H-pyrrole nitrogens is 1. The molecular formula is C15H10N4O3S. The highest BCUT2D eigenvalue weighted by atomic mass is 32.2. The molecule has 0 spiro atoms. The Labute approximate surface area is 134 Å². The van der Waals surface area contributed by atoms with E-state index in [1.807, 2.05) is 24.3 Å². The summed E-state index contributed by atoms with van der Waals surface area (Å²) in [5.74, 6) is -0.00570. The number of benzene rings is 1. The Balaban J connectivity index is 1.55. The molecule has 7 nitrogen and oxygen atoms in total. The van der Waals surface area contributed by atoms with E-state index in [9.17, 15) is 9.59 Å². The van der Waals surface area contributed by atoms with Gasteiger partial charge in [-0.15, -0.1) is 0 Å². The van der Waals surface area contributed by atoms with E-state index in [0.29, 0.717) is 16.0 Å². The molecule has 0 bridgehead atoms. The first-order chi connectivity index (χ1) is 11.2. The number of imidazole rings is 1. The topological polar surface area (TPSA) is 100 Å². The van der Waals surface area contributed by atoms with Gasteiger partial charge in [0.2, 0.25) is 0 Å². The first-order valence-corrected chi connectivity index (χ1v) is 7.55. The molecule has 23 heavy (non-hydrogen) atoms. The molecule has 1 saturated heterocycles. The minimum absolute atomic E-state index is 0.157. The zero-order chi connectivity index (χ0) is 15.8. The molecule has 0 atom stereocenters. The molecule has 0 unspecified atom stereocenters. The highest BCUT2D eigenvalue weighted by molar-refractivity contribution is 7.99. The van der Waals surface area contributed by atoms with Crippen LogP contribution >= 0.6 is 11.8 Å². The first kappa shape index (κ1) is 13.6. The molecule has 0 aliphatic carbocycles. The SMILES string of the molecule is O=C1NC(=O)/C(=C/c2ccc(Sc3nc4ccccc4[nH]3)o2)N1. The summed E-state index contributed by atoms with van der Waals surface area (Å²) in [6.07, 6.45) is 1.48. The highest BCUT2D eigenvalue weighted by Gasteiger charge is 2.23. The van der Waals surface area contributed by atoms with Crippen LogP contribution in [-0.2, 0) is 4.79 Å². The number of furan rings is 1. The number of nitrogens with zero attached hydrogens (tertiary/aromatic N) is 1. The van der Waals surface area contributed by atoms with Crippen LogP contribution in [0.2, 0.25) is 0 Å². The Morgan fingerprint density at radius 3 is 2.74 bits per heavy atom. The van der Waals surface area contributed by atoms with Crippen molar-refractivity contribution in [2.75, 3.05) is 0 Å². The van der Waals surface area contributed by atoms with Crippen LogP contribution in [0.15, 0.2) is 56.8 Å². The molecule has 3 N–H and O–H groups in total. The quantitative estimate of drug-likeness (QED) is 0.507. The highest BCUT2D eigenvalue weighted by Crippen LogP contribution is 2.29. The molecule has 0 saturated carbocycles. The van der Waals surface area contributed by atoms with E-state index in [2.05, 4.69) is 20.6 Å². The van der Waals surface area contributed by atoms with Gasteiger partial charge in [0.25, 0.3) is 5.91 Å². The van der Waals surface area contributed by atoms with Gasteiger partial charge in [-0.1, -0.05) is 12.1 Å². The third-order valence-corrected chi connectivity index (χ3v) is 3.98. The van der Waals surface area contributed by atoms with Gasteiger partial charge >= 0.3 is 6.03 Å². The largest absolute Gasteiger partial charge is 0.450 e. The molecule has 1 aromatic carbocycles. The fourth-order valence-electron chi connectivity index (χ4n) is 2.16. The van der Waals surface area contributed by atoms with E-state index in [0.717, 1.165) is 11.0 Å². The molecule has 3 amide bonds. The third-order valence-electron chi connectivity index (χ3n) is 3.17. The molecule has 1 aliphatic rings. The van der Waals surface area contributed by atoms with Crippen LogP contribution in [-0.4, -0.2) is 21.9 Å². The molecule has 114 valence electrons. The summed E-state index contributed by atoms with van der Waals surface area (Å²) in [6, 6.07) is 10.7. The molecule has 8 heteroatoms. The number of imide groups is 1. The number of aromatic nitrogens is 2. The van der Waals surface area contributed by atoms with Crippen LogP contribution in [0.5, 0.6) is 0 Å². The van der Waals surface area contributed by atoms with Crippen molar-refractivity contribution >= 4 is 40.8 Å². The summed E-state index contributed by atoms with van der Waals surface area (Å²) in [5, 5.41) is 5.87. The van der Waals surface area contributed by atoms with Gasteiger partial charge in [-0.3, -0.25) is 10.1 Å². The standard InChI is InChI=1S/C15H10N4O3S/c20-13-11(16-14(21)19-13)7-8-5-6-12(22-8)23-15-17-9-3-1-2-4-10(9)18-15/h1-7H,(H,17,18)(H2,16,19,20,21)/b11-7-. The van der Waals surface area contributed by atoms with E-state index < -0.39 is 11.9 Å². The van der Waals surface area contributed by atoms with Gasteiger partial charge < -0.3 is 14.7 Å². The maximum absolute atomic E-state index is 11.5. The summed E-state index contributed by atoms with van der Waals surface area (Å²) in [6.45, 7) is 0. The molecule has 3 aromatic rings. The van der Waals surface area contributed by atoms with E-state index in [1.165, 1.54) is 17.8 Å². The molecule has 1 aliphatic heterocycles. The summed E-state index contributed by atoms with van der Waals surface area (Å²) in [7, 11) is 0. The van der Waals surface area contributed by atoms with Gasteiger partial charge in [-0.25, -0.2) is 9.78 Å². The molecule has 4 rings (SSSR count). The Morgan fingerprint density at radius 1 is 1.09 bits per heavy atom. The van der Waals surface area contributed by atoms with Crippen molar-refractivity contribution < 1.29 is 14.0 Å². The smallest absolute Gasteiger partial charge is 0.326 e. The second-order valence-corrected chi connectivity index (χ2v) is 5.78. The molecule has 2 aromatic heterocycles. The van der Waals surface area contributed by atoms with E-state index >= 15 is 0 Å². The monoisotopic (exact) mass is 326 g/mol. The van der Waals surface area contributed by atoms with Gasteiger partial charge in [0.15, 0.2) is 10.2 Å². The number of carbonyl (C=O) groups is 2. The van der Waals surface area contributed by atoms with E-state index in [4.69, 9.17) is 4.42 Å². The number of hydrogen-bond donors (Lipinski definition) is 3. The molecule has 1 fully saturated rings. The summed E-state index contributed by atoms with van der Waals surface area (Å²) in [5.41, 5.74) is 1.99. The lowest BCUT2D eigenvalue weighted by atomic mass is 10.3. The van der Waals surface area contributed by atoms with Crippen molar-refractivity contribution in [1.82, 2.24) is 20.6 Å². The fourth-order valence-corrected chi connectivity index (χ4v) is 2.93. The van der Waals surface area contributed by atoms with Crippen LogP contribution < -0.4 is 10.6 Å². The number of urea groups is 1. The summed E-state index contributed by atoms with van der Waals surface area (Å²) >= 11 is 1.34. The van der Waals surface area contributed by atoms with Crippen LogP contribution in [0.4, 0.5) is 4.79 Å². The number of rotatable bonds is 3. The Morgan fingerprint density at radius 2 is 1.96 bits per heavy atom. The lowest BCUT2D eigenvalue weighted by Gasteiger charge is -1.93. The normalized spacial score (nSPS) is 16.1. The maximum Gasteiger partial charge on any atom is 0.326 e. The Kier molecular flexibility index (Phi) is 3.16. The average Bonchev–Trinajstić information content (AvgIpc) is 3.19. The number of carbonyl (C=O) groups excluding carboxylic acids is 2. The van der Waals surface area contributed by atoms with Crippen LogP contribution in [0.3, 0.4) is 0 Å². The second-order valence-electron chi connectivity index (χ2n) is 4.78.